The minimum Gasteiger partial charge on any atom is -0.365 e. The van der Waals surface area contributed by atoms with Gasteiger partial charge in [0.25, 0.3) is 0 Å². The molecule has 0 amide bonds. The van der Waals surface area contributed by atoms with E-state index in [2.05, 4.69) is 38.0 Å². The minimum absolute atomic E-state index is 0.128. The normalized spacial score (nSPS) is 17.3. The second-order valence-electron chi connectivity index (χ2n) is 7.98. The predicted molar refractivity (Wildman–Crippen MR) is 115 cm³/mol. The van der Waals surface area contributed by atoms with Crippen LogP contribution in [0.4, 0.5) is 18.9 Å². The van der Waals surface area contributed by atoms with Crippen LogP contribution in [0.25, 0.3) is 11.3 Å². The fourth-order valence-electron chi connectivity index (χ4n) is 4.09. The first-order valence-electron chi connectivity index (χ1n) is 10.4. The topological polar surface area (TPSA) is 71.8 Å². The molecule has 1 N–H and O–H groups in total. The Morgan fingerprint density at radius 2 is 1.91 bits per heavy atom. The van der Waals surface area contributed by atoms with Gasteiger partial charge in [-0.15, -0.1) is 0 Å². The molecule has 0 saturated carbocycles. The van der Waals surface area contributed by atoms with E-state index in [0.717, 1.165) is 48.1 Å². The second kappa shape index (κ2) is 9.01. The number of benzene rings is 1. The van der Waals surface area contributed by atoms with Gasteiger partial charge in [0.15, 0.2) is 0 Å². The first kappa shape index (κ1) is 21.8. The van der Waals surface area contributed by atoms with Crippen LogP contribution in [-0.2, 0) is 19.1 Å². The molecule has 6 nitrogen and oxygen atoms in total. The standard InChI is InChI=1S/C23H23F3N6/c1-16-14-31(10-11-32(16)20-6-7-21(28-13-20)23(24,25)26)15-19-12-29-30-22(19)18-4-2-17(3-5-18)8-9-27/h2-7,12-13,16H,8,10-11,14-15H2,1H3,(H,29,30)/t16-/m1/s1. The summed E-state index contributed by atoms with van der Waals surface area (Å²) in [5.74, 6) is 0. The van der Waals surface area contributed by atoms with Crippen molar-refractivity contribution < 1.29 is 13.2 Å². The van der Waals surface area contributed by atoms with Gasteiger partial charge in [0.1, 0.15) is 5.69 Å². The van der Waals surface area contributed by atoms with E-state index < -0.39 is 11.9 Å². The van der Waals surface area contributed by atoms with Crippen molar-refractivity contribution in [3.63, 3.8) is 0 Å². The molecule has 0 radical (unpaired) electrons. The highest BCUT2D eigenvalue weighted by Gasteiger charge is 2.33. The van der Waals surface area contributed by atoms with Gasteiger partial charge in [0, 0.05) is 37.8 Å². The van der Waals surface area contributed by atoms with Crippen molar-refractivity contribution in [1.29, 1.82) is 5.26 Å². The Hall–Kier alpha value is -3.38. The van der Waals surface area contributed by atoms with Crippen LogP contribution in [0.15, 0.2) is 48.8 Å². The average molecular weight is 440 g/mol. The Morgan fingerprint density at radius 1 is 1.12 bits per heavy atom. The van der Waals surface area contributed by atoms with Crippen LogP contribution in [0.5, 0.6) is 0 Å². The summed E-state index contributed by atoms with van der Waals surface area (Å²) in [5.41, 5.74) is 3.85. The van der Waals surface area contributed by atoms with Crippen molar-refractivity contribution >= 4 is 5.69 Å². The molecule has 32 heavy (non-hydrogen) atoms. The van der Waals surface area contributed by atoms with E-state index in [4.69, 9.17) is 5.26 Å². The van der Waals surface area contributed by atoms with E-state index in [9.17, 15) is 13.2 Å². The monoisotopic (exact) mass is 440 g/mol. The molecule has 0 unspecified atom stereocenters. The number of nitriles is 1. The van der Waals surface area contributed by atoms with Gasteiger partial charge in [0.05, 0.1) is 36.3 Å². The summed E-state index contributed by atoms with van der Waals surface area (Å²) >= 11 is 0. The van der Waals surface area contributed by atoms with Crippen LogP contribution in [0, 0.1) is 11.3 Å². The lowest BCUT2D eigenvalue weighted by Crippen LogP contribution is -2.51. The highest BCUT2D eigenvalue weighted by molar-refractivity contribution is 5.63. The first-order valence-corrected chi connectivity index (χ1v) is 10.4. The molecule has 1 fully saturated rings. The Bertz CT molecular complexity index is 1080. The van der Waals surface area contributed by atoms with E-state index >= 15 is 0 Å². The van der Waals surface area contributed by atoms with E-state index in [-0.39, 0.29) is 6.04 Å². The number of hydrogen-bond acceptors (Lipinski definition) is 5. The third kappa shape index (κ3) is 4.75. The Morgan fingerprint density at radius 3 is 2.53 bits per heavy atom. The molecule has 1 aliphatic heterocycles. The van der Waals surface area contributed by atoms with Crippen LogP contribution in [0.1, 0.15) is 23.7 Å². The lowest BCUT2D eigenvalue weighted by atomic mass is 10.0. The van der Waals surface area contributed by atoms with Gasteiger partial charge in [0.2, 0.25) is 0 Å². The molecule has 166 valence electrons. The number of aromatic nitrogens is 3. The molecule has 1 saturated heterocycles. The second-order valence-corrected chi connectivity index (χ2v) is 7.98. The van der Waals surface area contributed by atoms with Crippen molar-refractivity contribution in [2.24, 2.45) is 0 Å². The fraction of sp³-hybridized carbons (Fsp3) is 0.348. The van der Waals surface area contributed by atoms with E-state index in [1.54, 1.807) is 0 Å². The number of nitrogens with zero attached hydrogens (tertiary/aromatic N) is 5. The van der Waals surface area contributed by atoms with Crippen molar-refractivity contribution in [2.75, 3.05) is 24.5 Å². The van der Waals surface area contributed by atoms with Gasteiger partial charge in [-0.2, -0.15) is 23.5 Å². The highest BCUT2D eigenvalue weighted by Crippen LogP contribution is 2.30. The molecule has 1 aromatic carbocycles. The van der Waals surface area contributed by atoms with Crippen LogP contribution < -0.4 is 4.90 Å². The van der Waals surface area contributed by atoms with Gasteiger partial charge < -0.3 is 4.90 Å². The summed E-state index contributed by atoms with van der Waals surface area (Å²) in [6.07, 6.45) is -0.914. The van der Waals surface area contributed by atoms with E-state index in [0.29, 0.717) is 18.7 Å². The maximum atomic E-state index is 12.8. The number of pyridine rings is 1. The Kier molecular flexibility index (Phi) is 6.15. The van der Waals surface area contributed by atoms with Gasteiger partial charge in [-0.3, -0.25) is 10.00 Å². The third-order valence-electron chi connectivity index (χ3n) is 5.72. The van der Waals surface area contributed by atoms with Crippen molar-refractivity contribution in [3.05, 3.63) is 65.6 Å². The maximum absolute atomic E-state index is 12.8. The zero-order chi connectivity index (χ0) is 22.7. The van der Waals surface area contributed by atoms with Crippen LogP contribution in [0.3, 0.4) is 0 Å². The molecule has 3 aromatic rings. The molecule has 0 bridgehead atoms. The third-order valence-corrected chi connectivity index (χ3v) is 5.72. The van der Waals surface area contributed by atoms with E-state index in [1.807, 2.05) is 30.5 Å². The zero-order valence-corrected chi connectivity index (χ0v) is 17.6. The molecule has 2 aromatic heterocycles. The fourth-order valence-corrected chi connectivity index (χ4v) is 4.09. The molecule has 3 heterocycles. The van der Waals surface area contributed by atoms with Gasteiger partial charge >= 0.3 is 6.18 Å². The van der Waals surface area contributed by atoms with Gasteiger partial charge in [-0.05, 0) is 30.2 Å². The number of aromatic amines is 1. The highest BCUT2D eigenvalue weighted by atomic mass is 19.4. The molecule has 0 aliphatic carbocycles. The number of rotatable bonds is 5. The maximum Gasteiger partial charge on any atom is 0.433 e. The Balaban J connectivity index is 1.41. The largest absolute Gasteiger partial charge is 0.433 e. The van der Waals surface area contributed by atoms with Crippen molar-refractivity contribution in [2.45, 2.75) is 32.1 Å². The van der Waals surface area contributed by atoms with Crippen LogP contribution >= 0.6 is 0 Å². The number of hydrogen-bond donors (Lipinski definition) is 1. The smallest absolute Gasteiger partial charge is 0.365 e. The Labute approximate surface area is 184 Å². The lowest BCUT2D eigenvalue weighted by molar-refractivity contribution is -0.141. The summed E-state index contributed by atoms with van der Waals surface area (Å²) in [4.78, 5) is 8.00. The zero-order valence-electron chi connectivity index (χ0n) is 17.6. The average Bonchev–Trinajstić information content (AvgIpc) is 3.22. The van der Waals surface area contributed by atoms with Gasteiger partial charge in [-0.1, -0.05) is 24.3 Å². The number of H-pyrrole nitrogens is 1. The number of alkyl halides is 3. The van der Waals surface area contributed by atoms with Crippen molar-refractivity contribution in [3.8, 4) is 17.3 Å². The van der Waals surface area contributed by atoms with Gasteiger partial charge in [-0.25, -0.2) is 4.98 Å². The van der Waals surface area contributed by atoms with Crippen LogP contribution in [0.2, 0.25) is 0 Å². The number of halogens is 3. The molecular weight excluding hydrogens is 417 g/mol. The molecule has 9 heteroatoms. The summed E-state index contributed by atoms with van der Waals surface area (Å²) in [7, 11) is 0. The molecule has 4 rings (SSSR count). The lowest BCUT2D eigenvalue weighted by Gasteiger charge is -2.41. The summed E-state index contributed by atoms with van der Waals surface area (Å²) < 4.78 is 38.3. The molecular formula is C23H23F3N6. The summed E-state index contributed by atoms with van der Waals surface area (Å²) in [6.45, 7) is 5.03. The number of piperazine rings is 1. The molecule has 1 atom stereocenters. The quantitative estimate of drug-likeness (QED) is 0.642. The summed E-state index contributed by atoms with van der Waals surface area (Å²) in [6, 6.07) is 12.7. The number of anilines is 1. The van der Waals surface area contributed by atoms with E-state index in [1.165, 1.54) is 12.3 Å². The molecule has 1 aliphatic rings. The predicted octanol–water partition coefficient (Wildman–Crippen LogP) is 4.27. The summed E-state index contributed by atoms with van der Waals surface area (Å²) in [5, 5.41) is 16.1. The minimum atomic E-state index is -4.43. The van der Waals surface area contributed by atoms with Crippen molar-refractivity contribution in [1.82, 2.24) is 20.1 Å². The first-order chi connectivity index (χ1) is 15.3. The number of nitrogens with one attached hydrogen (secondary N) is 1. The van der Waals surface area contributed by atoms with Crippen LogP contribution in [-0.4, -0.2) is 45.8 Å². The molecule has 0 spiro atoms. The SMILES string of the molecule is C[C@@H]1CN(Cc2cn[nH]c2-c2ccc(CC#N)cc2)CCN1c1ccc(C(F)(F)F)nc1.